The zero-order valence-corrected chi connectivity index (χ0v) is 15.5. The molecule has 1 amide bonds. The third-order valence-electron chi connectivity index (χ3n) is 4.67. The lowest BCUT2D eigenvalue weighted by Gasteiger charge is -2.34. The van der Waals surface area contributed by atoms with E-state index in [4.69, 9.17) is 9.72 Å². The number of ether oxygens (including phenoxy) is 1. The van der Waals surface area contributed by atoms with Crippen LogP contribution in [-0.4, -0.2) is 49.1 Å². The maximum atomic E-state index is 12.6. The number of hydrogen-bond donors (Lipinski definition) is 0. The summed E-state index contributed by atoms with van der Waals surface area (Å²) in [6.07, 6.45) is 0.415. The summed E-state index contributed by atoms with van der Waals surface area (Å²) < 4.78 is 6.44. The zero-order chi connectivity index (χ0) is 17.9. The molecule has 0 atom stereocenters. The van der Waals surface area contributed by atoms with Crippen LogP contribution in [0.15, 0.2) is 48.5 Å². The SMILES string of the molecule is COc1cccc(CC(=O)N2CCN(c3nc4ccccc4s3)CC2)c1. The summed E-state index contributed by atoms with van der Waals surface area (Å²) in [5.74, 6) is 0.957. The van der Waals surface area contributed by atoms with E-state index in [2.05, 4.69) is 11.0 Å². The third-order valence-corrected chi connectivity index (χ3v) is 5.77. The van der Waals surface area contributed by atoms with E-state index in [0.717, 1.165) is 48.1 Å². The molecular formula is C20H21N3O2S. The number of anilines is 1. The van der Waals surface area contributed by atoms with E-state index in [1.807, 2.05) is 47.4 Å². The number of benzene rings is 2. The highest BCUT2D eigenvalue weighted by Gasteiger charge is 2.23. The molecule has 26 heavy (non-hydrogen) atoms. The molecule has 2 aromatic carbocycles. The number of thiazole rings is 1. The number of methoxy groups -OCH3 is 1. The van der Waals surface area contributed by atoms with Crippen molar-refractivity contribution in [3.8, 4) is 5.75 Å². The fourth-order valence-electron chi connectivity index (χ4n) is 3.21. The molecule has 4 rings (SSSR count). The van der Waals surface area contributed by atoms with E-state index in [1.165, 1.54) is 4.70 Å². The van der Waals surface area contributed by atoms with Gasteiger partial charge in [0.05, 0.1) is 23.7 Å². The second-order valence-corrected chi connectivity index (χ2v) is 7.37. The zero-order valence-electron chi connectivity index (χ0n) is 14.7. The summed E-state index contributed by atoms with van der Waals surface area (Å²) in [4.78, 5) is 21.6. The van der Waals surface area contributed by atoms with Gasteiger partial charge in [0.2, 0.25) is 5.91 Å². The van der Waals surface area contributed by atoms with Gasteiger partial charge in [0.15, 0.2) is 5.13 Å². The van der Waals surface area contributed by atoms with Crippen molar-refractivity contribution in [3.63, 3.8) is 0 Å². The van der Waals surface area contributed by atoms with Gasteiger partial charge >= 0.3 is 0 Å². The molecule has 0 radical (unpaired) electrons. The minimum Gasteiger partial charge on any atom is -0.497 e. The van der Waals surface area contributed by atoms with E-state index in [1.54, 1.807) is 18.4 Å². The monoisotopic (exact) mass is 367 g/mol. The maximum Gasteiger partial charge on any atom is 0.227 e. The Morgan fingerprint density at radius 2 is 1.92 bits per heavy atom. The highest BCUT2D eigenvalue weighted by Crippen LogP contribution is 2.29. The molecule has 0 saturated carbocycles. The Morgan fingerprint density at radius 3 is 2.69 bits per heavy atom. The Hall–Kier alpha value is -2.60. The Kier molecular flexibility index (Phi) is 4.75. The van der Waals surface area contributed by atoms with Crippen molar-refractivity contribution >= 4 is 32.6 Å². The Morgan fingerprint density at radius 1 is 1.12 bits per heavy atom. The summed E-state index contributed by atoms with van der Waals surface area (Å²) in [5.41, 5.74) is 2.03. The van der Waals surface area contributed by atoms with Crippen molar-refractivity contribution in [2.75, 3.05) is 38.2 Å². The van der Waals surface area contributed by atoms with Gasteiger partial charge < -0.3 is 14.5 Å². The summed E-state index contributed by atoms with van der Waals surface area (Å²) in [7, 11) is 1.64. The molecule has 134 valence electrons. The number of rotatable bonds is 4. The third kappa shape index (κ3) is 3.51. The Balaban J connectivity index is 1.37. The molecule has 3 aromatic rings. The van der Waals surface area contributed by atoms with E-state index in [-0.39, 0.29) is 5.91 Å². The lowest BCUT2D eigenvalue weighted by Crippen LogP contribution is -2.49. The summed E-state index contributed by atoms with van der Waals surface area (Å²) >= 11 is 1.72. The molecule has 1 saturated heterocycles. The molecule has 1 fully saturated rings. The first-order valence-corrected chi connectivity index (χ1v) is 9.56. The summed E-state index contributed by atoms with van der Waals surface area (Å²) in [5, 5.41) is 1.05. The van der Waals surface area contributed by atoms with Crippen LogP contribution in [0.1, 0.15) is 5.56 Å². The highest BCUT2D eigenvalue weighted by atomic mass is 32.1. The smallest absolute Gasteiger partial charge is 0.227 e. The van der Waals surface area contributed by atoms with Crippen LogP contribution < -0.4 is 9.64 Å². The van der Waals surface area contributed by atoms with Gasteiger partial charge in [-0.1, -0.05) is 35.6 Å². The normalized spacial score (nSPS) is 14.7. The molecule has 0 unspecified atom stereocenters. The standard InChI is InChI=1S/C20H21N3O2S/c1-25-16-6-4-5-15(13-16)14-19(24)22-9-11-23(12-10-22)20-21-17-7-2-3-8-18(17)26-20/h2-8,13H,9-12,14H2,1H3. The molecule has 6 heteroatoms. The van der Waals surface area contributed by atoms with E-state index in [0.29, 0.717) is 6.42 Å². The first-order valence-electron chi connectivity index (χ1n) is 8.74. The van der Waals surface area contributed by atoms with Crippen molar-refractivity contribution in [3.05, 3.63) is 54.1 Å². The number of amides is 1. The first-order chi connectivity index (χ1) is 12.7. The van der Waals surface area contributed by atoms with Crippen LogP contribution in [-0.2, 0) is 11.2 Å². The number of fused-ring (bicyclic) bond motifs is 1. The topological polar surface area (TPSA) is 45.7 Å². The van der Waals surface area contributed by atoms with Gasteiger partial charge in [-0.3, -0.25) is 4.79 Å². The van der Waals surface area contributed by atoms with Crippen molar-refractivity contribution in [2.45, 2.75) is 6.42 Å². The van der Waals surface area contributed by atoms with Gasteiger partial charge in [0.25, 0.3) is 0 Å². The van der Waals surface area contributed by atoms with Crippen molar-refractivity contribution in [1.29, 1.82) is 0 Å². The molecule has 0 N–H and O–H groups in total. The lowest BCUT2D eigenvalue weighted by atomic mass is 10.1. The highest BCUT2D eigenvalue weighted by molar-refractivity contribution is 7.22. The van der Waals surface area contributed by atoms with Gasteiger partial charge in [0.1, 0.15) is 5.75 Å². The van der Waals surface area contributed by atoms with Gasteiger partial charge in [-0.15, -0.1) is 0 Å². The number of para-hydroxylation sites is 1. The van der Waals surface area contributed by atoms with Crippen LogP contribution in [0.3, 0.4) is 0 Å². The number of carbonyl (C=O) groups is 1. The van der Waals surface area contributed by atoms with Gasteiger partial charge in [-0.25, -0.2) is 4.98 Å². The predicted octanol–water partition coefficient (Wildman–Crippen LogP) is 3.20. The molecule has 0 aliphatic carbocycles. The van der Waals surface area contributed by atoms with Crippen molar-refractivity contribution < 1.29 is 9.53 Å². The second kappa shape index (κ2) is 7.33. The first kappa shape index (κ1) is 16.8. The van der Waals surface area contributed by atoms with Crippen LogP contribution in [0.2, 0.25) is 0 Å². The van der Waals surface area contributed by atoms with Crippen LogP contribution in [0.4, 0.5) is 5.13 Å². The Labute approximate surface area is 156 Å². The lowest BCUT2D eigenvalue weighted by molar-refractivity contribution is -0.130. The minimum atomic E-state index is 0.169. The number of piperazine rings is 1. The largest absolute Gasteiger partial charge is 0.497 e. The van der Waals surface area contributed by atoms with Crippen molar-refractivity contribution in [2.24, 2.45) is 0 Å². The van der Waals surface area contributed by atoms with E-state index in [9.17, 15) is 4.79 Å². The van der Waals surface area contributed by atoms with Gasteiger partial charge in [-0.05, 0) is 29.8 Å². The molecule has 0 bridgehead atoms. The van der Waals surface area contributed by atoms with Crippen LogP contribution >= 0.6 is 11.3 Å². The summed E-state index contributed by atoms with van der Waals surface area (Å²) in [6.45, 7) is 3.12. The fraction of sp³-hybridized carbons (Fsp3) is 0.300. The van der Waals surface area contributed by atoms with Crippen LogP contribution in [0.5, 0.6) is 5.75 Å². The maximum absolute atomic E-state index is 12.6. The van der Waals surface area contributed by atoms with Crippen molar-refractivity contribution in [1.82, 2.24) is 9.88 Å². The molecule has 1 aliphatic heterocycles. The quantitative estimate of drug-likeness (QED) is 0.710. The van der Waals surface area contributed by atoms with Crippen LogP contribution in [0, 0.1) is 0 Å². The van der Waals surface area contributed by atoms with E-state index < -0.39 is 0 Å². The molecule has 0 spiro atoms. The summed E-state index contributed by atoms with van der Waals surface area (Å²) in [6, 6.07) is 15.9. The average molecular weight is 367 g/mol. The number of aromatic nitrogens is 1. The Bertz CT molecular complexity index is 883. The second-order valence-electron chi connectivity index (χ2n) is 6.36. The number of carbonyl (C=O) groups excluding carboxylic acids is 1. The molecule has 2 heterocycles. The number of hydrogen-bond acceptors (Lipinski definition) is 5. The fourth-order valence-corrected chi connectivity index (χ4v) is 4.23. The molecule has 1 aromatic heterocycles. The van der Waals surface area contributed by atoms with Crippen LogP contribution in [0.25, 0.3) is 10.2 Å². The predicted molar refractivity (Wildman–Crippen MR) is 105 cm³/mol. The minimum absolute atomic E-state index is 0.169. The molecule has 5 nitrogen and oxygen atoms in total. The molecule has 1 aliphatic rings. The van der Waals surface area contributed by atoms with Gasteiger partial charge in [-0.2, -0.15) is 0 Å². The van der Waals surface area contributed by atoms with E-state index >= 15 is 0 Å². The number of nitrogens with zero attached hydrogens (tertiary/aromatic N) is 3. The van der Waals surface area contributed by atoms with Gasteiger partial charge in [0, 0.05) is 26.2 Å². The average Bonchev–Trinajstić information content (AvgIpc) is 3.12. The molecular weight excluding hydrogens is 346 g/mol.